The molecule has 0 saturated heterocycles. The Morgan fingerprint density at radius 2 is 2.31 bits per heavy atom. The molecule has 0 aliphatic carbocycles. The van der Waals surface area contributed by atoms with Gasteiger partial charge in [-0.25, -0.2) is 9.67 Å². The minimum atomic E-state index is 0.716. The van der Waals surface area contributed by atoms with Gasteiger partial charge in [-0.15, -0.1) is 0 Å². The van der Waals surface area contributed by atoms with Crippen molar-refractivity contribution in [2.75, 3.05) is 6.54 Å². The van der Waals surface area contributed by atoms with E-state index in [1.807, 2.05) is 31.5 Å². The molecule has 0 saturated carbocycles. The number of rotatable bonds is 4. The third-order valence-corrected chi connectivity index (χ3v) is 2.44. The SMILES string of the molecule is Cc1ccnc(-n2cc(CCCN)cn2)c1. The van der Waals surface area contributed by atoms with Crippen LogP contribution in [-0.2, 0) is 6.42 Å². The van der Waals surface area contributed by atoms with Crippen LogP contribution >= 0.6 is 0 Å². The molecule has 0 unspecified atom stereocenters. The van der Waals surface area contributed by atoms with Crippen molar-refractivity contribution in [3.8, 4) is 5.82 Å². The van der Waals surface area contributed by atoms with Crippen LogP contribution in [0.2, 0.25) is 0 Å². The van der Waals surface area contributed by atoms with Crippen LogP contribution in [0, 0.1) is 6.92 Å². The Bertz CT molecular complexity index is 462. The average Bonchev–Trinajstić information content (AvgIpc) is 2.75. The summed E-state index contributed by atoms with van der Waals surface area (Å²) in [5.41, 5.74) is 7.86. The molecule has 0 fully saturated rings. The van der Waals surface area contributed by atoms with E-state index >= 15 is 0 Å². The van der Waals surface area contributed by atoms with Gasteiger partial charge < -0.3 is 5.73 Å². The molecule has 0 atom stereocenters. The second-order valence-electron chi connectivity index (χ2n) is 3.88. The highest BCUT2D eigenvalue weighted by Crippen LogP contribution is 2.08. The van der Waals surface area contributed by atoms with Crippen LogP contribution in [0.25, 0.3) is 5.82 Å². The molecule has 0 radical (unpaired) electrons. The lowest BCUT2D eigenvalue weighted by molar-refractivity contribution is 0.827. The highest BCUT2D eigenvalue weighted by Gasteiger charge is 2.01. The fraction of sp³-hybridized carbons (Fsp3) is 0.333. The summed E-state index contributed by atoms with van der Waals surface area (Å²) in [5, 5.41) is 4.29. The molecule has 2 aromatic heterocycles. The Morgan fingerprint density at radius 3 is 3.06 bits per heavy atom. The Labute approximate surface area is 95.1 Å². The zero-order valence-electron chi connectivity index (χ0n) is 9.43. The second-order valence-corrected chi connectivity index (χ2v) is 3.88. The number of nitrogens with zero attached hydrogens (tertiary/aromatic N) is 3. The standard InChI is InChI=1S/C12H16N4/c1-10-4-6-14-12(7-10)16-9-11(8-15-16)3-2-5-13/h4,6-9H,2-3,5,13H2,1H3. The number of pyridine rings is 1. The molecule has 0 aliphatic heterocycles. The van der Waals surface area contributed by atoms with Crippen molar-refractivity contribution in [3.63, 3.8) is 0 Å². The number of hydrogen-bond donors (Lipinski definition) is 1. The predicted molar refractivity (Wildman–Crippen MR) is 63.5 cm³/mol. The topological polar surface area (TPSA) is 56.7 Å². The maximum Gasteiger partial charge on any atom is 0.153 e. The van der Waals surface area contributed by atoms with Crippen LogP contribution < -0.4 is 5.73 Å². The minimum Gasteiger partial charge on any atom is -0.330 e. The van der Waals surface area contributed by atoms with E-state index in [0.29, 0.717) is 6.54 Å². The lowest BCUT2D eigenvalue weighted by Crippen LogP contribution is -2.00. The van der Waals surface area contributed by atoms with E-state index in [9.17, 15) is 0 Å². The van der Waals surface area contributed by atoms with E-state index < -0.39 is 0 Å². The second kappa shape index (κ2) is 4.90. The van der Waals surface area contributed by atoms with Gasteiger partial charge in [0.1, 0.15) is 0 Å². The molecule has 4 nitrogen and oxygen atoms in total. The minimum absolute atomic E-state index is 0.716. The van der Waals surface area contributed by atoms with E-state index in [2.05, 4.69) is 10.1 Å². The molecule has 84 valence electrons. The zero-order valence-corrected chi connectivity index (χ0v) is 9.43. The van der Waals surface area contributed by atoms with Gasteiger partial charge in [-0.2, -0.15) is 5.10 Å². The van der Waals surface area contributed by atoms with Gasteiger partial charge in [0.05, 0.1) is 6.20 Å². The molecule has 0 amide bonds. The molecule has 0 bridgehead atoms. The molecule has 2 rings (SSSR count). The first-order chi connectivity index (χ1) is 7.79. The van der Waals surface area contributed by atoms with Gasteiger partial charge in [0, 0.05) is 12.4 Å². The van der Waals surface area contributed by atoms with Crippen molar-refractivity contribution in [2.45, 2.75) is 19.8 Å². The average molecular weight is 216 g/mol. The molecular weight excluding hydrogens is 200 g/mol. The molecule has 0 spiro atoms. The van der Waals surface area contributed by atoms with Crippen LogP contribution in [-0.4, -0.2) is 21.3 Å². The van der Waals surface area contributed by atoms with E-state index in [4.69, 9.17) is 5.73 Å². The van der Waals surface area contributed by atoms with Crippen LogP contribution in [0.15, 0.2) is 30.7 Å². The van der Waals surface area contributed by atoms with Gasteiger partial charge in [-0.3, -0.25) is 0 Å². The number of aromatic nitrogens is 3. The van der Waals surface area contributed by atoms with Crippen LogP contribution in [0.4, 0.5) is 0 Å². The summed E-state index contributed by atoms with van der Waals surface area (Å²) in [4.78, 5) is 4.28. The largest absolute Gasteiger partial charge is 0.330 e. The van der Waals surface area contributed by atoms with Crippen molar-refractivity contribution in [3.05, 3.63) is 41.9 Å². The Balaban J connectivity index is 2.18. The summed E-state index contributed by atoms with van der Waals surface area (Å²) in [6.07, 6.45) is 7.65. The van der Waals surface area contributed by atoms with E-state index in [1.165, 1.54) is 11.1 Å². The normalized spacial score (nSPS) is 10.6. The molecule has 0 aromatic carbocycles. The van der Waals surface area contributed by atoms with Gasteiger partial charge >= 0.3 is 0 Å². The van der Waals surface area contributed by atoms with Crippen LogP contribution in [0.5, 0.6) is 0 Å². The van der Waals surface area contributed by atoms with Crippen molar-refractivity contribution in [1.29, 1.82) is 0 Å². The summed E-state index contributed by atoms with van der Waals surface area (Å²) in [6, 6.07) is 3.99. The summed E-state index contributed by atoms with van der Waals surface area (Å²) in [5.74, 6) is 0.860. The summed E-state index contributed by atoms with van der Waals surface area (Å²) in [7, 11) is 0. The molecule has 0 aliphatic rings. The molecule has 4 heteroatoms. The monoisotopic (exact) mass is 216 g/mol. The third-order valence-electron chi connectivity index (χ3n) is 2.44. The van der Waals surface area contributed by atoms with Crippen molar-refractivity contribution in [2.24, 2.45) is 5.73 Å². The Kier molecular flexibility index (Phi) is 3.31. The number of nitrogens with two attached hydrogens (primary N) is 1. The first-order valence-corrected chi connectivity index (χ1v) is 5.46. The highest BCUT2D eigenvalue weighted by atomic mass is 15.3. The van der Waals surface area contributed by atoms with Crippen molar-refractivity contribution in [1.82, 2.24) is 14.8 Å². The van der Waals surface area contributed by atoms with Crippen molar-refractivity contribution < 1.29 is 0 Å². The molecule has 16 heavy (non-hydrogen) atoms. The van der Waals surface area contributed by atoms with E-state index in [0.717, 1.165) is 18.7 Å². The van der Waals surface area contributed by atoms with E-state index in [-0.39, 0.29) is 0 Å². The molecule has 2 N–H and O–H groups in total. The maximum atomic E-state index is 5.47. The molecule has 2 heterocycles. The Hall–Kier alpha value is -1.68. The van der Waals surface area contributed by atoms with Gasteiger partial charge in [-0.1, -0.05) is 0 Å². The fourth-order valence-electron chi connectivity index (χ4n) is 1.57. The number of hydrogen-bond acceptors (Lipinski definition) is 3. The predicted octanol–water partition coefficient (Wildman–Crippen LogP) is 1.47. The highest BCUT2D eigenvalue weighted by molar-refractivity contribution is 5.27. The van der Waals surface area contributed by atoms with Gasteiger partial charge in [-0.05, 0) is 49.6 Å². The van der Waals surface area contributed by atoms with Crippen LogP contribution in [0.3, 0.4) is 0 Å². The van der Waals surface area contributed by atoms with Crippen molar-refractivity contribution >= 4 is 0 Å². The summed E-state index contributed by atoms with van der Waals surface area (Å²) < 4.78 is 1.80. The van der Waals surface area contributed by atoms with Crippen LogP contribution in [0.1, 0.15) is 17.5 Å². The Morgan fingerprint density at radius 1 is 1.44 bits per heavy atom. The third kappa shape index (κ3) is 2.46. The first-order valence-electron chi connectivity index (χ1n) is 5.46. The summed E-state index contributed by atoms with van der Waals surface area (Å²) >= 11 is 0. The van der Waals surface area contributed by atoms with Gasteiger partial charge in [0.15, 0.2) is 5.82 Å². The maximum absolute atomic E-state index is 5.47. The van der Waals surface area contributed by atoms with Gasteiger partial charge in [0.2, 0.25) is 0 Å². The molecular formula is C12H16N4. The lowest BCUT2D eigenvalue weighted by atomic mass is 10.2. The van der Waals surface area contributed by atoms with E-state index in [1.54, 1.807) is 10.9 Å². The quantitative estimate of drug-likeness (QED) is 0.842. The lowest BCUT2D eigenvalue weighted by Gasteiger charge is -2.00. The number of aryl methyl sites for hydroxylation is 2. The molecule has 2 aromatic rings. The summed E-state index contributed by atoms with van der Waals surface area (Å²) in [6.45, 7) is 2.76. The fourth-order valence-corrected chi connectivity index (χ4v) is 1.57. The zero-order chi connectivity index (χ0) is 11.4. The van der Waals surface area contributed by atoms with Gasteiger partial charge in [0.25, 0.3) is 0 Å². The first kappa shape index (κ1) is 10.8. The smallest absolute Gasteiger partial charge is 0.153 e.